The molecule has 0 aliphatic rings. The Kier molecular flexibility index (Phi) is 7.03. The summed E-state index contributed by atoms with van der Waals surface area (Å²) < 4.78 is 8.70. The number of alkyl carbamates (subject to hydrolysis) is 1. The maximum atomic E-state index is 10.9. The predicted octanol–water partition coefficient (Wildman–Crippen LogP) is 2.00. The minimum atomic E-state index is -0.838. The molecule has 0 fully saturated rings. The second-order valence-electron chi connectivity index (χ2n) is 1.75. The van der Waals surface area contributed by atoms with Crippen LogP contribution >= 0.6 is 21.6 Å². The van der Waals surface area contributed by atoms with Crippen LogP contribution in [0, 0.1) is 0 Å². The quantitative estimate of drug-likeness (QED) is 0.553. The van der Waals surface area contributed by atoms with Gasteiger partial charge in [0, 0.05) is 21.6 Å². The third kappa shape index (κ3) is 6.61. The fraction of sp³-hybridized carbons (Fsp3) is 0.500. The summed E-state index contributed by atoms with van der Waals surface area (Å²) in [6.45, 7) is 1.79. The normalized spacial score (nSPS) is 9.00. The molecule has 0 aromatic heterocycles. The Morgan fingerprint density at radius 1 is 1.29 bits per heavy atom. The van der Waals surface area contributed by atoms with Crippen LogP contribution in [0.15, 0.2) is 0 Å². The second kappa shape index (κ2) is 7.51. The van der Waals surface area contributed by atoms with E-state index < -0.39 is 16.6 Å². The summed E-state index contributed by atoms with van der Waals surface area (Å²) in [6, 6.07) is 0. The SMILES string of the molecule is CCOC(=O)NC(=O)SSC(=O)OC. The zero-order valence-corrected chi connectivity index (χ0v) is 9.20. The van der Waals surface area contributed by atoms with Crippen molar-refractivity contribution in [2.45, 2.75) is 6.92 Å². The number of rotatable bonds is 1. The van der Waals surface area contributed by atoms with E-state index in [2.05, 4.69) is 9.47 Å². The molecule has 6 nitrogen and oxygen atoms in total. The Morgan fingerprint density at radius 2 is 1.93 bits per heavy atom. The summed E-state index contributed by atoms with van der Waals surface area (Å²) in [7, 11) is 2.33. The van der Waals surface area contributed by atoms with Crippen LogP contribution in [0.2, 0.25) is 0 Å². The van der Waals surface area contributed by atoms with Crippen molar-refractivity contribution < 1.29 is 23.9 Å². The highest BCUT2D eigenvalue weighted by molar-refractivity contribution is 8.87. The maximum absolute atomic E-state index is 10.9. The highest BCUT2D eigenvalue weighted by atomic mass is 33.1. The third-order valence-corrected chi connectivity index (χ3v) is 2.58. The van der Waals surface area contributed by atoms with Gasteiger partial charge in [-0.1, -0.05) is 0 Å². The van der Waals surface area contributed by atoms with E-state index in [-0.39, 0.29) is 6.61 Å². The molecular formula is C6H9NO5S2. The average molecular weight is 239 g/mol. The number of methoxy groups -OCH3 is 1. The van der Waals surface area contributed by atoms with Crippen molar-refractivity contribution in [2.24, 2.45) is 0 Å². The van der Waals surface area contributed by atoms with E-state index in [4.69, 9.17) is 0 Å². The summed E-state index contributed by atoms with van der Waals surface area (Å²) >= 11 is 0. The average Bonchev–Trinajstić information content (AvgIpc) is 2.14. The third-order valence-electron chi connectivity index (χ3n) is 0.832. The van der Waals surface area contributed by atoms with E-state index >= 15 is 0 Å². The lowest BCUT2D eigenvalue weighted by atomic mass is 10.9. The molecule has 0 radical (unpaired) electrons. The van der Waals surface area contributed by atoms with Crippen molar-refractivity contribution in [2.75, 3.05) is 13.7 Å². The largest absolute Gasteiger partial charge is 0.460 e. The summed E-state index contributed by atoms with van der Waals surface area (Å²) in [5, 5.41) is 0.596. The Balaban J connectivity index is 3.65. The van der Waals surface area contributed by atoms with Gasteiger partial charge in [-0.2, -0.15) is 0 Å². The lowest BCUT2D eigenvalue weighted by Gasteiger charge is -2.01. The molecule has 0 rings (SSSR count). The number of hydrogen-bond donors (Lipinski definition) is 1. The first-order chi connectivity index (χ1) is 6.60. The number of imide groups is 1. The highest BCUT2D eigenvalue weighted by Crippen LogP contribution is 2.23. The lowest BCUT2D eigenvalue weighted by molar-refractivity contribution is 0.155. The van der Waals surface area contributed by atoms with Gasteiger partial charge in [0.2, 0.25) is 0 Å². The van der Waals surface area contributed by atoms with Crippen molar-refractivity contribution in [3.63, 3.8) is 0 Å². The van der Waals surface area contributed by atoms with Gasteiger partial charge >= 0.3 is 11.4 Å². The number of nitrogens with one attached hydrogen (secondary N) is 1. The number of carbonyl (C=O) groups is 3. The molecule has 0 aliphatic carbocycles. The zero-order chi connectivity index (χ0) is 11.0. The van der Waals surface area contributed by atoms with Crippen molar-refractivity contribution in [3.05, 3.63) is 0 Å². The molecule has 8 heteroatoms. The molecule has 0 aliphatic heterocycles. The summed E-state index contributed by atoms with van der Waals surface area (Å²) in [5.41, 5.74) is 0. The molecule has 2 amide bonds. The van der Waals surface area contributed by atoms with E-state index in [1.807, 2.05) is 5.32 Å². The van der Waals surface area contributed by atoms with Gasteiger partial charge in [0.1, 0.15) is 0 Å². The molecule has 0 unspecified atom stereocenters. The van der Waals surface area contributed by atoms with E-state index in [1.54, 1.807) is 6.92 Å². The van der Waals surface area contributed by atoms with Crippen LogP contribution in [0.5, 0.6) is 0 Å². The molecule has 0 heterocycles. The van der Waals surface area contributed by atoms with Gasteiger partial charge in [0.05, 0.1) is 13.7 Å². The predicted molar refractivity (Wildman–Crippen MR) is 53.1 cm³/mol. The van der Waals surface area contributed by atoms with Crippen molar-refractivity contribution in [1.29, 1.82) is 0 Å². The number of hydrogen-bond acceptors (Lipinski definition) is 7. The van der Waals surface area contributed by atoms with Crippen molar-refractivity contribution >= 4 is 38.2 Å². The summed E-state index contributed by atoms with van der Waals surface area (Å²) in [4.78, 5) is 32.1. The van der Waals surface area contributed by atoms with Gasteiger partial charge < -0.3 is 9.47 Å². The van der Waals surface area contributed by atoms with Crippen LogP contribution in [0.25, 0.3) is 0 Å². The molecular weight excluding hydrogens is 230 g/mol. The Morgan fingerprint density at radius 3 is 2.43 bits per heavy atom. The first kappa shape index (κ1) is 13.1. The fourth-order valence-electron chi connectivity index (χ4n) is 0.377. The van der Waals surface area contributed by atoms with Crippen LogP contribution in [-0.2, 0) is 9.47 Å². The van der Waals surface area contributed by atoms with Gasteiger partial charge in [-0.25, -0.2) is 9.59 Å². The van der Waals surface area contributed by atoms with E-state index in [0.29, 0.717) is 21.6 Å². The molecule has 14 heavy (non-hydrogen) atoms. The first-order valence-electron chi connectivity index (χ1n) is 3.50. The first-order valence-corrected chi connectivity index (χ1v) is 5.65. The topological polar surface area (TPSA) is 81.7 Å². The molecule has 0 aromatic rings. The van der Waals surface area contributed by atoms with Gasteiger partial charge in [-0.05, 0) is 6.92 Å². The molecule has 80 valence electrons. The number of ether oxygens (including phenoxy) is 2. The molecule has 0 aromatic carbocycles. The van der Waals surface area contributed by atoms with Crippen molar-refractivity contribution in [3.8, 4) is 0 Å². The van der Waals surface area contributed by atoms with Gasteiger partial charge in [-0.15, -0.1) is 0 Å². The van der Waals surface area contributed by atoms with Crippen LogP contribution in [0.4, 0.5) is 14.4 Å². The molecule has 0 saturated heterocycles. The van der Waals surface area contributed by atoms with Crippen LogP contribution in [0.3, 0.4) is 0 Å². The fourth-order valence-corrected chi connectivity index (χ4v) is 1.47. The smallest absolute Gasteiger partial charge is 0.414 e. The standard InChI is InChI=1S/C6H9NO5S2/c1-3-12-4(8)7-5(9)13-14-6(10)11-2/h3H2,1-2H3,(H,7,8,9). The second-order valence-corrected chi connectivity index (χ2v) is 3.79. The van der Waals surface area contributed by atoms with E-state index in [9.17, 15) is 14.4 Å². The lowest BCUT2D eigenvalue weighted by Crippen LogP contribution is -2.27. The molecule has 0 saturated carbocycles. The van der Waals surface area contributed by atoms with Crippen LogP contribution in [-0.4, -0.2) is 30.4 Å². The Bertz CT molecular complexity index is 232. The van der Waals surface area contributed by atoms with Crippen molar-refractivity contribution in [1.82, 2.24) is 5.32 Å². The highest BCUT2D eigenvalue weighted by Gasteiger charge is 2.12. The molecule has 0 spiro atoms. The van der Waals surface area contributed by atoms with Crippen LogP contribution in [0.1, 0.15) is 6.92 Å². The molecule has 0 atom stereocenters. The van der Waals surface area contributed by atoms with Crippen LogP contribution < -0.4 is 5.32 Å². The summed E-state index contributed by atoms with van der Waals surface area (Å²) in [5.74, 6) is 0. The van der Waals surface area contributed by atoms with Gasteiger partial charge in [-0.3, -0.25) is 10.1 Å². The minimum Gasteiger partial charge on any atom is -0.460 e. The van der Waals surface area contributed by atoms with E-state index in [1.165, 1.54) is 7.11 Å². The number of carbonyl (C=O) groups excluding carboxylic acids is 3. The summed E-state index contributed by atoms with van der Waals surface area (Å²) in [6.07, 6.45) is -0.838. The Labute approximate surface area is 88.5 Å². The van der Waals surface area contributed by atoms with Gasteiger partial charge in [0.25, 0.3) is 5.24 Å². The molecule has 0 bridgehead atoms. The van der Waals surface area contributed by atoms with Gasteiger partial charge in [0.15, 0.2) is 0 Å². The minimum absolute atomic E-state index is 0.175. The Hall–Kier alpha value is -0.890. The monoisotopic (exact) mass is 239 g/mol. The van der Waals surface area contributed by atoms with E-state index in [0.717, 1.165) is 0 Å². The number of amides is 2. The zero-order valence-electron chi connectivity index (χ0n) is 7.56. The molecule has 1 N–H and O–H groups in total. The maximum Gasteiger partial charge on any atom is 0.414 e.